The van der Waals surface area contributed by atoms with Crippen LogP contribution >= 0.6 is 0 Å². The first-order valence-electron chi connectivity index (χ1n) is 6.24. The Hall–Kier alpha value is -2.80. The highest BCUT2D eigenvalue weighted by Gasteiger charge is 2.13. The SMILES string of the molecule is Cc1ccc2c(c1)c1cc(C#N)ccc1n2CC(=O)O. The lowest BCUT2D eigenvalue weighted by Crippen LogP contribution is -2.08. The number of hydrogen-bond acceptors (Lipinski definition) is 2. The van der Waals surface area contributed by atoms with E-state index in [1.165, 1.54) is 0 Å². The third-order valence-corrected chi connectivity index (χ3v) is 3.44. The lowest BCUT2D eigenvalue weighted by molar-refractivity contribution is -0.137. The predicted molar refractivity (Wildman–Crippen MR) is 76.5 cm³/mol. The first kappa shape index (κ1) is 12.2. The molecule has 4 nitrogen and oxygen atoms in total. The van der Waals surface area contributed by atoms with Gasteiger partial charge in [0, 0.05) is 21.8 Å². The molecule has 0 aliphatic heterocycles. The van der Waals surface area contributed by atoms with Crippen molar-refractivity contribution in [1.82, 2.24) is 4.57 Å². The number of aromatic nitrogens is 1. The summed E-state index contributed by atoms with van der Waals surface area (Å²) in [5, 5.41) is 20.0. The van der Waals surface area contributed by atoms with E-state index in [9.17, 15) is 4.79 Å². The molecule has 0 saturated carbocycles. The molecule has 0 aliphatic carbocycles. The number of nitrogens with zero attached hydrogens (tertiary/aromatic N) is 2. The topological polar surface area (TPSA) is 66.0 Å². The summed E-state index contributed by atoms with van der Waals surface area (Å²) in [4.78, 5) is 11.1. The normalized spacial score (nSPS) is 10.8. The minimum Gasteiger partial charge on any atom is -0.480 e. The second-order valence-corrected chi connectivity index (χ2v) is 4.84. The molecule has 0 unspecified atom stereocenters. The number of aryl methyl sites for hydroxylation is 1. The summed E-state index contributed by atoms with van der Waals surface area (Å²) in [5.41, 5.74) is 3.40. The minimum absolute atomic E-state index is 0.0883. The van der Waals surface area contributed by atoms with Gasteiger partial charge < -0.3 is 9.67 Å². The van der Waals surface area contributed by atoms with Crippen molar-refractivity contribution >= 4 is 27.8 Å². The highest BCUT2D eigenvalue weighted by molar-refractivity contribution is 6.09. The van der Waals surface area contributed by atoms with Crippen molar-refractivity contribution in [2.45, 2.75) is 13.5 Å². The van der Waals surface area contributed by atoms with Crippen molar-refractivity contribution in [2.24, 2.45) is 0 Å². The number of hydrogen-bond donors (Lipinski definition) is 1. The lowest BCUT2D eigenvalue weighted by Gasteiger charge is -2.03. The Bertz CT molecular complexity index is 885. The molecule has 1 heterocycles. The van der Waals surface area contributed by atoms with Crippen molar-refractivity contribution in [3.8, 4) is 6.07 Å². The zero-order valence-electron chi connectivity index (χ0n) is 10.9. The molecule has 0 fully saturated rings. The zero-order valence-corrected chi connectivity index (χ0v) is 10.9. The molecule has 20 heavy (non-hydrogen) atoms. The smallest absolute Gasteiger partial charge is 0.323 e. The van der Waals surface area contributed by atoms with Crippen molar-refractivity contribution in [1.29, 1.82) is 5.26 Å². The lowest BCUT2D eigenvalue weighted by atomic mass is 10.1. The average molecular weight is 264 g/mol. The van der Waals surface area contributed by atoms with Gasteiger partial charge in [-0.15, -0.1) is 0 Å². The third-order valence-electron chi connectivity index (χ3n) is 3.44. The van der Waals surface area contributed by atoms with E-state index in [0.29, 0.717) is 5.56 Å². The Morgan fingerprint density at radius 2 is 1.85 bits per heavy atom. The molecule has 0 radical (unpaired) electrons. The van der Waals surface area contributed by atoms with Crippen LogP contribution in [-0.4, -0.2) is 15.6 Å². The highest BCUT2D eigenvalue weighted by Crippen LogP contribution is 2.30. The van der Waals surface area contributed by atoms with Crippen molar-refractivity contribution in [3.63, 3.8) is 0 Å². The van der Waals surface area contributed by atoms with Gasteiger partial charge in [-0.3, -0.25) is 4.79 Å². The molecule has 3 aromatic rings. The van der Waals surface area contributed by atoms with Gasteiger partial charge in [0.2, 0.25) is 0 Å². The number of rotatable bonds is 2. The number of carboxylic acids is 1. The Labute approximate surface area is 115 Å². The number of aliphatic carboxylic acids is 1. The van der Waals surface area contributed by atoms with Gasteiger partial charge in [-0.1, -0.05) is 11.6 Å². The summed E-state index contributed by atoms with van der Waals surface area (Å²) < 4.78 is 1.77. The van der Waals surface area contributed by atoms with Gasteiger partial charge >= 0.3 is 5.97 Å². The number of carbonyl (C=O) groups is 1. The Morgan fingerprint density at radius 3 is 2.50 bits per heavy atom. The summed E-state index contributed by atoms with van der Waals surface area (Å²) in [6, 6.07) is 13.4. The number of nitriles is 1. The molecule has 1 N–H and O–H groups in total. The standard InChI is InChI=1S/C16H12N2O2/c1-10-2-4-14-12(6-10)13-7-11(8-17)3-5-15(13)18(14)9-16(19)20/h2-7H,9H2,1H3,(H,19,20). The monoisotopic (exact) mass is 264 g/mol. The number of benzene rings is 2. The molecule has 0 bridgehead atoms. The molecule has 0 spiro atoms. The van der Waals surface area contributed by atoms with Gasteiger partial charge in [0.05, 0.1) is 11.6 Å². The van der Waals surface area contributed by atoms with Crippen molar-refractivity contribution in [3.05, 3.63) is 47.5 Å². The van der Waals surface area contributed by atoms with E-state index in [-0.39, 0.29) is 6.54 Å². The molecule has 2 aromatic carbocycles. The molecule has 3 rings (SSSR count). The zero-order chi connectivity index (χ0) is 14.3. The summed E-state index contributed by atoms with van der Waals surface area (Å²) in [6.45, 7) is 1.91. The van der Waals surface area contributed by atoms with E-state index in [1.807, 2.05) is 37.3 Å². The Morgan fingerprint density at radius 1 is 1.20 bits per heavy atom. The molecule has 0 amide bonds. The summed E-state index contributed by atoms with van der Waals surface area (Å²) in [5.74, 6) is -0.881. The van der Waals surface area contributed by atoms with Gasteiger partial charge in [-0.05, 0) is 37.3 Å². The van der Waals surface area contributed by atoms with E-state index in [1.54, 1.807) is 10.6 Å². The van der Waals surface area contributed by atoms with Crippen LogP contribution in [0.1, 0.15) is 11.1 Å². The Balaban J connectivity index is 2.46. The van der Waals surface area contributed by atoms with E-state index in [4.69, 9.17) is 10.4 Å². The van der Waals surface area contributed by atoms with E-state index in [0.717, 1.165) is 27.4 Å². The third kappa shape index (κ3) is 1.81. The fourth-order valence-corrected chi connectivity index (χ4v) is 2.59. The van der Waals surface area contributed by atoms with Crippen LogP contribution in [0.3, 0.4) is 0 Å². The molecule has 4 heteroatoms. The van der Waals surface area contributed by atoms with Crippen LogP contribution in [0.5, 0.6) is 0 Å². The highest BCUT2D eigenvalue weighted by atomic mass is 16.4. The molecule has 0 saturated heterocycles. The number of fused-ring (bicyclic) bond motifs is 3. The second-order valence-electron chi connectivity index (χ2n) is 4.84. The molecule has 1 aromatic heterocycles. The second kappa shape index (κ2) is 4.39. The fourth-order valence-electron chi connectivity index (χ4n) is 2.59. The van der Waals surface area contributed by atoms with Gasteiger partial charge in [0.1, 0.15) is 6.54 Å². The van der Waals surface area contributed by atoms with Crippen LogP contribution < -0.4 is 0 Å². The van der Waals surface area contributed by atoms with Crippen LogP contribution in [0.4, 0.5) is 0 Å². The molecule has 0 atom stereocenters. The maximum atomic E-state index is 11.1. The van der Waals surface area contributed by atoms with Crippen molar-refractivity contribution in [2.75, 3.05) is 0 Å². The van der Waals surface area contributed by atoms with Crippen LogP contribution in [0, 0.1) is 18.3 Å². The van der Waals surface area contributed by atoms with Gasteiger partial charge in [0.25, 0.3) is 0 Å². The van der Waals surface area contributed by atoms with E-state index < -0.39 is 5.97 Å². The van der Waals surface area contributed by atoms with E-state index >= 15 is 0 Å². The molecular formula is C16H12N2O2. The van der Waals surface area contributed by atoms with Gasteiger partial charge in [-0.25, -0.2) is 0 Å². The first-order chi connectivity index (χ1) is 9.60. The molecular weight excluding hydrogens is 252 g/mol. The predicted octanol–water partition coefficient (Wildman–Crippen LogP) is 3.06. The van der Waals surface area contributed by atoms with Gasteiger partial charge in [0.15, 0.2) is 0 Å². The average Bonchev–Trinajstić information content (AvgIpc) is 2.71. The van der Waals surface area contributed by atoms with Crippen LogP contribution in [0.15, 0.2) is 36.4 Å². The van der Waals surface area contributed by atoms with E-state index in [2.05, 4.69) is 6.07 Å². The fraction of sp³-hybridized carbons (Fsp3) is 0.125. The minimum atomic E-state index is -0.881. The van der Waals surface area contributed by atoms with Crippen LogP contribution in [-0.2, 0) is 11.3 Å². The quantitative estimate of drug-likeness (QED) is 0.773. The van der Waals surface area contributed by atoms with Crippen LogP contribution in [0.2, 0.25) is 0 Å². The largest absolute Gasteiger partial charge is 0.480 e. The Kier molecular flexibility index (Phi) is 2.69. The molecule has 98 valence electrons. The first-order valence-corrected chi connectivity index (χ1v) is 6.24. The summed E-state index contributed by atoms with van der Waals surface area (Å²) >= 11 is 0. The van der Waals surface area contributed by atoms with Crippen molar-refractivity contribution < 1.29 is 9.90 Å². The maximum Gasteiger partial charge on any atom is 0.323 e. The van der Waals surface area contributed by atoms with Crippen LogP contribution in [0.25, 0.3) is 21.8 Å². The molecule has 0 aliphatic rings. The number of carboxylic acid groups (broad SMARTS) is 1. The van der Waals surface area contributed by atoms with Gasteiger partial charge in [-0.2, -0.15) is 5.26 Å². The summed E-state index contributed by atoms with van der Waals surface area (Å²) in [6.07, 6.45) is 0. The summed E-state index contributed by atoms with van der Waals surface area (Å²) in [7, 11) is 0. The maximum absolute atomic E-state index is 11.1.